The molecule has 2 nitrogen and oxygen atoms in total. The molecule has 0 aliphatic heterocycles. The Balaban J connectivity index is 3.24. The lowest BCUT2D eigenvalue weighted by Crippen LogP contribution is -1.87. The lowest BCUT2D eigenvalue weighted by atomic mass is 10.6. The molecule has 0 rings (SSSR count). The van der Waals surface area contributed by atoms with Gasteiger partial charge in [-0.25, -0.2) is 0 Å². The zero-order valence-electron chi connectivity index (χ0n) is 3.56. The van der Waals surface area contributed by atoms with Gasteiger partial charge in [0.2, 0.25) is 0 Å². The van der Waals surface area contributed by atoms with Crippen molar-refractivity contribution in [3.8, 4) is 11.8 Å². The molecule has 7 heavy (non-hydrogen) atoms. The van der Waals surface area contributed by atoms with Gasteiger partial charge in [-0.15, -0.1) is 0 Å². The number of rotatable bonds is 0. The molecule has 0 fully saturated rings. The molecule has 0 saturated carbocycles. The Bertz CT molecular complexity index is 89.6. The summed E-state index contributed by atoms with van der Waals surface area (Å²) in [5.41, 5.74) is 0. The van der Waals surface area contributed by atoms with Crippen LogP contribution in [0, 0.1) is 11.8 Å². The zero-order chi connectivity index (χ0) is 5.70. The first kappa shape index (κ1) is 6.96. The molecular weight excluding hydrogens is 160 g/mol. The molecule has 0 aliphatic carbocycles. The first-order valence-corrected chi connectivity index (χ1v) is 2.60. The van der Waals surface area contributed by atoms with Crippen LogP contribution in [0.2, 0.25) is 0 Å². The van der Waals surface area contributed by atoms with Crippen LogP contribution in [0.25, 0.3) is 0 Å². The smallest absolute Gasteiger partial charge is 0.170 e. The van der Waals surface area contributed by atoms with E-state index in [4.69, 9.17) is 10.2 Å². The molecule has 0 aliphatic rings. The van der Waals surface area contributed by atoms with Gasteiger partial charge in [0.15, 0.2) is 5.01 Å². The molecule has 1 unspecified atom stereocenters. The molecule has 0 aromatic rings. The van der Waals surface area contributed by atoms with Crippen LogP contribution >= 0.6 is 15.9 Å². The number of alkyl halides is 1. The summed E-state index contributed by atoms with van der Waals surface area (Å²) < 4.78 is 0. The summed E-state index contributed by atoms with van der Waals surface area (Å²) in [4.78, 5) is 0. The van der Waals surface area contributed by atoms with E-state index < -0.39 is 5.01 Å². The van der Waals surface area contributed by atoms with Gasteiger partial charge < -0.3 is 10.2 Å². The topological polar surface area (TPSA) is 40.5 Å². The fraction of sp³-hybridized carbons (Fsp3) is 0.500. The summed E-state index contributed by atoms with van der Waals surface area (Å²) in [5, 5.41) is 15.5. The highest BCUT2D eigenvalue weighted by Gasteiger charge is 1.81. The molecule has 3 heteroatoms. The third-order valence-corrected chi connectivity index (χ3v) is 0.529. The van der Waals surface area contributed by atoms with E-state index in [9.17, 15) is 0 Å². The van der Waals surface area contributed by atoms with Crippen molar-refractivity contribution in [1.82, 2.24) is 0 Å². The van der Waals surface area contributed by atoms with Crippen molar-refractivity contribution < 1.29 is 10.2 Å². The lowest BCUT2D eigenvalue weighted by Gasteiger charge is -1.81. The molecule has 0 bridgehead atoms. The van der Waals surface area contributed by atoms with Gasteiger partial charge in [0.1, 0.15) is 6.61 Å². The van der Waals surface area contributed by atoms with Crippen molar-refractivity contribution in [2.24, 2.45) is 0 Å². The molecule has 0 spiro atoms. The van der Waals surface area contributed by atoms with Crippen LogP contribution in [-0.4, -0.2) is 21.8 Å². The van der Waals surface area contributed by atoms with Gasteiger partial charge in [0.25, 0.3) is 0 Å². The fourth-order valence-corrected chi connectivity index (χ4v) is 0.292. The summed E-state index contributed by atoms with van der Waals surface area (Å²) >= 11 is 2.75. The minimum atomic E-state index is -0.806. The number of aliphatic hydroxyl groups is 2. The Morgan fingerprint density at radius 3 is 2.43 bits per heavy atom. The monoisotopic (exact) mass is 164 g/mol. The number of hydrogen-bond acceptors (Lipinski definition) is 2. The molecule has 0 amide bonds. The minimum absolute atomic E-state index is 0.206. The molecule has 0 aromatic heterocycles. The van der Waals surface area contributed by atoms with Gasteiger partial charge in [-0.3, -0.25) is 0 Å². The third kappa shape index (κ3) is 5.96. The number of aliphatic hydroxyl groups excluding tert-OH is 2. The molecule has 0 radical (unpaired) electrons. The summed E-state index contributed by atoms with van der Waals surface area (Å²) in [6.07, 6.45) is 0. The van der Waals surface area contributed by atoms with E-state index in [0.717, 1.165) is 0 Å². The zero-order valence-corrected chi connectivity index (χ0v) is 5.14. The predicted molar refractivity (Wildman–Crippen MR) is 29.8 cm³/mol. The Hall–Kier alpha value is -0.0400. The molecular formula is C4H5BrO2. The van der Waals surface area contributed by atoms with Crippen LogP contribution in [0.1, 0.15) is 0 Å². The summed E-state index contributed by atoms with van der Waals surface area (Å²) in [6, 6.07) is 0. The second-order valence-corrected chi connectivity index (χ2v) is 1.68. The highest BCUT2D eigenvalue weighted by molar-refractivity contribution is 9.09. The van der Waals surface area contributed by atoms with Crippen LogP contribution < -0.4 is 0 Å². The van der Waals surface area contributed by atoms with E-state index in [1.807, 2.05) is 0 Å². The van der Waals surface area contributed by atoms with Crippen molar-refractivity contribution in [1.29, 1.82) is 0 Å². The van der Waals surface area contributed by atoms with Crippen LogP contribution in [0.3, 0.4) is 0 Å². The van der Waals surface area contributed by atoms with Crippen molar-refractivity contribution >= 4 is 15.9 Å². The lowest BCUT2D eigenvalue weighted by molar-refractivity contribution is 0.322. The van der Waals surface area contributed by atoms with Gasteiger partial charge in [-0.2, -0.15) is 0 Å². The van der Waals surface area contributed by atoms with Crippen LogP contribution in [0.5, 0.6) is 0 Å². The van der Waals surface area contributed by atoms with Crippen LogP contribution in [0.4, 0.5) is 0 Å². The Labute approximate surface area is 50.3 Å². The van der Waals surface area contributed by atoms with Gasteiger partial charge in [-0.05, 0) is 15.9 Å². The second kappa shape index (κ2) is 4.13. The van der Waals surface area contributed by atoms with Crippen molar-refractivity contribution in [3.05, 3.63) is 0 Å². The molecule has 0 saturated heterocycles. The van der Waals surface area contributed by atoms with E-state index in [-0.39, 0.29) is 6.61 Å². The van der Waals surface area contributed by atoms with E-state index in [2.05, 4.69) is 27.8 Å². The molecule has 40 valence electrons. The minimum Gasteiger partial charge on any atom is -0.384 e. The SMILES string of the molecule is OCC#CC(O)Br. The Morgan fingerprint density at radius 1 is 1.71 bits per heavy atom. The van der Waals surface area contributed by atoms with E-state index in [1.165, 1.54) is 0 Å². The Morgan fingerprint density at radius 2 is 2.29 bits per heavy atom. The summed E-state index contributed by atoms with van der Waals surface area (Å²) in [7, 11) is 0. The molecule has 0 heterocycles. The maximum atomic E-state index is 8.32. The molecule has 0 aromatic carbocycles. The fourth-order valence-electron chi connectivity index (χ4n) is 0.130. The highest BCUT2D eigenvalue weighted by Crippen LogP contribution is 1.87. The maximum Gasteiger partial charge on any atom is 0.170 e. The first-order chi connectivity index (χ1) is 3.27. The van der Waals surface area contributed by atoms with E-state index >= 15 is 0 Å². The van der Waals surface area contributed by atoms with E-state index in [1.54, 1.807) is 0 Å². The maximum absolute atomic E-state index is 8.32. The van der Waals surface area contributed by atoms with Gasteiger partial charge >= 0.3 is 0 Å². The molecule has 2 N–H and O–H groups in total. The normalized spacial score (nSPS) is 11.9. The van der Waals surface area contributed by atoms with E-state index in [0.29, 0.717) is 0 Å². The van der Waals surface area contributed by atoms with Gasteiger partial charge in [0.05, 0.1) is 0 Å². The standard InChI is InChI=1S/C4H5BrO2/c5-4(7)2-1-3-6/h4,6-7H,3H2. The first-order valence-electron chi connectivity index (χ1n) is 1.68. The van der Waals surface area contributed by atoms with Gasteiger partial charge in [-0.1, -0.05) is 11.8 Å². The van der Waals surface area contributed by atoms with Crippen LogP contribution in [-0.2, 0) is 0 Å². The summed E-state index contributed by atoms with van der Waals surface area (Å²) in [6.45, 7) is -0.206. The third-order valence-electron chi connectivity index (χ3n) is 0.300. The van der Waals surface area contributed by atoms with Crippen molar-refractivity contribution in [2.75, 3.05) is 6.61 Å². The number of hydrogen-bond donors (Lipinski definition) is 2. The van der Waals surface area contributed by atoms with Crippen molar-refractivity contribution in [3.63, 3.8) is 0 Å². The average molecular weight is 165 g/mol. The molecule has 1 atom stereocenters. The largest absolute Gasteiger partial charge is 0.384 e. The quantitative estimate of drug-likeness (QED) is 0.382. The van der Waals surface area contributed by atoms with Crippen LogP contribution in [0.15, 0.2) is 0 Å². The highest BCUT2D eigenvalue weighted by atomic mass is 79.9. The summed E-state index contributed by atoms with van der Waals surface area (Å²) in [5.74, 6) is 4.52. The number of halogens is 1. The average Bonchev–Trinajstić information content (AvgIpc) is 1.61. The second-order valence-electron chi connectivity index (χ2n) is 0.815. The Kier molecular flexibility index (Phi) is 4.10. The van der Waals surface area contributed by atoms with Crippen molar-refractivity contribution in [2.45, 2.75) is 5.01 Å². The predicted octanol–water partition coefficient (Wildman–Crippen LogP) is -0.305. The van der Waals surface area contributed by atoms with Gasteiger partial charge in [0, 0.05) is 0 Å².